The van der Waals surface area contributed by atoms with Gasteiger partial charge in [0.05, 0.1) is 16.2 Å². The van der Waals surface area contributed by atoms with Crippen molar-refractivity contribution in [1.29, 1.82) is 0 Å². The number of carboxylic acid groups (broad SMARTS) is 2. The number of hydrogen-bond acceptors (Lipinski definition) is 9. The number of halogens is 2. The zero-order chi connectivity index (χ0) is 29.6. The summed E-state index contributed by atoms with van der Waals surface area (Å²) >= 11 is 0.812. The van der Waals surface area contributed by atoms with Gasteiger partial charge in [0, 0.05) is 11.4 Å². The Kier molecular flexibility index (Phi) is 9.51. The molecule has 1 heterocycles. The smallest absolute Gasteiger partial charge is 0.339 e. The van der Waals surface area contributed by atoms with Crippen molar-refractivity contribution in [2.24, 2.45) is 0 Å². The van der Waals surface area contributed by atoms with Crippen molar-refractivity contribution in [3.8, 4) is 11.5 Å². The number of para-hydroxylation sites is 1. The molecule has 3 aromatic rings. The van der Waals surface area contributed by atoms with Crippen molar-refractivity contribution in [2.75, 3.05) is 6.61 Å². The van der Waals surface area contributed by atoms with E-state index in [0.29, 0.717) is 4.88 Å². The monoisotopic (exact) mass is 598 g/mol. The van der Waals surface area contributed by atoms with Gasteiger partial charge in [0.2, 0.25) is 10.0 Å². The van der Waals surface area contributed by atoms with Crippen LogP contribution in [0, 0.1) is 11.6 Å². The fraction of sp³-hybridized carbons (Fsp3) is 0.167. The lowest BCUT2D eigenvalue weighted by molar-refractivity contribution is -0.139. The Morgan fingerprint density at radius 2 is 1.68 bits per heavy atom. The summed E-state index contributed by atoms with van der Waals surface area (Å²) in [5, 5.41) is 30.0. The van der Waals surface area contributed by atoms with Gasteiger partial charge in [-0.25, -0.2) is 26.7 Å². The number of carboxylic acids is 2. The van der Waals surface area contributed by atoms with Crippen LogP contribution in [0.5, 0.6) is 11.5 Å². The molecule has 0 aliphatic rings. The summed E-state index contributed by atoms with van der Waals surface area (Å²) in [5.41, 5.74) is -0.618. The summed E-state index contributed by atoms with van der Waals surface area (Å²) in [6.07, 6.45) is -0.851. The van der Waals surface area contributed by atoms with E-state index in [2.05, 4.69) is 10.0 Å². The summed E-state index contributed by atoms with van der Waals surface area (Å²) in [6.45, 7) is -1.25. The van der Waals surface area contributed by atoms with E-state index < -0.39 is 86.3 Å². The number of carbonyl (C=O) groups excluding carboxylic acids is 2. The molecule has 0 aliphatic heterocycles. The van der Waals surface area contributed by atoms with Crippen LogP contribution in [0.15, 0.2) is 53.4 Å². The molecule has 16 heteroatoms. The molecule has 212 valence electrons. The van der Waals surface area contributed by atoms with Gasteiger partial charge in [-0.15, -0.1) is 11.3 Å². The third-order valence-corrected chi connectivity index (χ3v) is 7.66. The van der Waals surface area contributed by atoms with Gasteiger partial charge in [-0.3, -0.25) is 14.4 Å². The molecule has 0 saturated heterocycles. The van der Waals surface area contributed by atoms with Crippen molar-refractivity contribution < 1.29 is 56.4 Å². The summed E-state index contributed by atoms with van der Waals surface area (Å²) < 4.78 is 59.6. The maximum atomic E-state index is 13.7. The van der Waals surface area contributed by atoms with E-state index in [-0.39, 0.29) is 11.4 Å². The number of ether oxygens (including phenoxy) is 1. The van der Waals surface area contributed by atoms with Crippen molar-refractivity contribution >= 4 is 45.0 Å². The number of aliphatic carboxylic acids is 1. The molecule has 0 aliphatic carbocycles. The summed E-state index contributed by atoms with van der Waals surface area (Å²) in [5.74, 6) is -8.45. The van der Waals surface area contributed by atoms with Crippen LogP contribution in [-0.2, 0) is 26.2 Å². The molecular weight excluding hydrogens is 578 g/mol. The van der Waals surface area contributed by atoms with E-state index in [0.717, 1.165) is 47.7 Å². The number of ketones is 1. The Hall–Kier alpha value is -4.41. The molecule has 0 fully saturated rings. The van der Waals surface area contributed by atoms with Gasteiger partial charge in [-0.1, -0.05) is 6.07 Å². The number of benzene rings is 2. The van der Waals surface area contributed by atoms with Crippen LogP contribution < -0.4 is 14.8 Å². The zero-order valence-corrected chi connectivity index (χ0v) is 21.7. The first-order valence-electron chi connectivity index (χ1n) is 11.1. The number of aromatic hydroxyl groups is 1. The first kappa shape index (κ1) is 30.1. The molecule has 2 aromatic carbocycles. The molecule has 0 saturated carbocycles. The molecule has 0 bridgehead atoms. The maximum Gasteiger partial charge on any atom is 0.339 e. The Labute approximate surface area is 228 Å². The van der Waals surface area contributed by atoms with Crippen molar-refractivity contribution in [3.63, 3.8) is 0 Å². The number of carbonyl (C=O) groups is 4. The number of sulfonamides is 1. The molecule has 3 rings (SSSR count). The zero-order valence-electron chi connectivity index (χ0n) is 20.1. The second-order valence-corrected chi connectivity index (χ2v) is 10.9. The van der Waals surface area contributed by atoms with Gasteiger partial charge in [0.1, 0.15) is 24.0 Å². The van der Waals surface area contributed by atoms with Crippen LogP contribution in [0.1, 0.15) is 31.3 Å². The fourth-order valence-corrected chi connectivity index (χ4v) is 5.19. The highest BCUT2D eigenvalue weighted by atomic mass is 32.2. The first-order chi connectivity index (χ1) is 18.8. The number of hydrogen-bond donors (Lipinski definition) is 5. The van der Waals surface area contributed by atoms with Crippen molar-refractivity contribution in [3.05, 3.63) is 75.5 Å². The predicted molar refractivity (Wildman–Crippen MR) is 134 cm³/mol. The van der Waals surface area contributed by atoms with Crippen LogP contribution in [0.4, 0.5) is 8.78 Å². The Morgan fingerprint density at radius 3 is 2.30 bits per heavy atom. The molecule has 0 unspecified atom stereocenters. The highest BCUT2D eigenvalue weighted by molar-refractivity contribution is 7.89. The molecular formula is C24H20F2N2O10S2. The van der Waals surface area contributed by atoms with Crippen LogP contribution in [0.3, 0.4) is 0 Å². The highest BCUT2D eigenvalue weighted by Gasteiger charge is 2.26. The van der Waals surface area contributed by atoms with E-state index in [1.165, 1.54) is 12.1 Å². The normalized spacial score (nSPS) is 11.9. The van der Waals surface area contributed by atoms with E-state index in [1.807, 2.05) is 0 Å². The largest absolute Gasteiger partial charge is 0.507 e. The first-order valence-corrected chi connectivity index (χ1v) is 13.4. The van der Waals surface area contributed by atoms with E-state index in [4.69, 9.17) is 14.9 Å². The number of rotatable bonds is 13. The summed E-state index contributed by atoms with van der Waals surface area (Å²) in [7, 11) is -4.22. The van der Waals surface area contributed by atoms with Gasteiger partial charge in [-0.05, 0) is 42.5 Å². The summed E-state index contributed by atoms with van der Waals surface area (Å²) in [6, 6.07) is 6.63. The quantitative estimate of drug-likeness (QED) is 0.194. The highest BCUT2D eigenvalue weighted by Crippen LogP contribution is 2.23. The summed E-state index contributed by atoms with van der Waals surface area (Å²) in [4.78, 5) is 47.4. The average molecular weight is 599 g/mol. The Bertz CT molecular complexity index is 1550. The van der Waals surface area contributed by atoms with Gasteiger partial charge >= 0.3 is 11.9 Å². The molecule has 1 amide bonds. The van der Waals surface area contributed by atoms with Crippen LogP contribution >= 0.6 is 11.3 Å². The Balaban J connectivity index is 1.65. The minimum absolute atomic E-state index is 0.0174. The second kappa shape index (κ2) is 12.6. The van der Waals surface area contributed by atoms with Crippen LogP contribution in [-0.4, -0.2) is 60.0 Å². The fourth-order valence-electron chi connectivity index (χ4n) is 3.21. The van der Waals surface area contributed by atoms with E-state index in [1.54, 1.807) is 0 Å². The number of phenols is 1. The van der Waals surface area contributed by atoms with Gasteiger partial charge in [-0.2, -0.15) is 0 Å². The Morgan fingerprint density at radius 1 is 1.00 bits per heavy atom. The number of amides is 1. The third kappa shape index (κ3) is 7.58. The topological polar surface area (TPSA) is 196 Å². The SMILES string of the molecule is O=C(O)C[C@H](NC(=O)c1ccc(CNS(=O)(=O)c2ccc(O)c(C(=O)O)c2)s1)C(=O)COc1c(F)cccc1F. The van der Waals surface area contributed by atoms with Gasteiger partial charge in [0.15, 0.2) is 23.2 Å². The molecule has 1 atom stereocenters. The minimum atomic E-state index is -4.22. The third-order valence-electron chi connectivity index (χ3n) is 5.18. The number of thiophene rings is 1. The molecule has 40 heavy (non-hydrogen) atoms. The molecule has 0 radical (unpaired) electrons. The second-order valence-electron chi connectivity index (χ2n) is 8.00. The molecule has 12 nitrogen and oxygen atoms in total. The number of Topliss-reactive ketones (excluding diaryl/α,β-unsaturated/α-hetero) is 1. The minimum Gasteiger partial charge on any atom is -0.507 e. The van der Waals surface area contributed by atoms with Crippen LogP contribution in [0.25, 0.3) is 0 Å². The lowest BCUT2D eigenvalue weighted by atomic mass is 10.1. The average Bonchev–Trinajstić information content (AvgIpc) is 3.36. The molecule has 5 N–H and O–H groups in total. The van der Waals surface area contributed by atoms with Gasteiger partial charge < -0.3 is 25.4 Å². The van der Waals surface area contributed by atoms with Crippen molar-refractivity contribution in [2.45, 2.75) is 23.9 Å². The van der Waals surface area contributed by atoms with Crippen LogP contribution in [0.2, 0.25) is 0 Å². The maximum absolute atomic E-state index is 13.7. The molecule has 1 aromatic heterocycles. The van der Waals surface area contributed by atoms with Gasteiger partial charge in [0.25, 0.3) is 5.91 Å². The lowest BCUT2D eigenvalue weighted by Gasteiger charge is -2.16. The number of aromatic carboxylic acids is 1. The lowest BCUT2D eigenvalue weighted by Crippen LogP contribution is -2.44. The molecule has 0 spiro atoms. The van der Waals surface area contributed by atoms with E-state index in [9.17, 15) is 41.5 Å². The number of nitrogens with one attached hydrogen (secondary N) is 2. The van der Waals surface area contributed by atoms with Crippen molar-refractivity contribution in [1.82, 2.24) is 10.0 Å². The predicted octanol–water partition coefficient (Wildman–Crippen LogP) is 2.13. The standard InChI is InChI=1S/C24H20F2N2O10S2/c25-15-2-1-3-16(26)22(15)38-11-19(30)17(9-21(31)32)28-23(33)20-7-4-12(39-20)10-27-40(36,37)13-5-6-18(29)14(8-13)24(34)35/h1-8,17,27,29H,9-11H2,(H,28,33)(H,31,32)(H,34,35)/t17-/m0/s1. The van der Waals surface area contributed by atoms with E-state index >= 15 is 0 Å².